The van der Waals surface area contributed by atoms with Crippen molar-refractivity contribution in [3.05, 3.63) is 195 Å². The molecule has 1 saturated heterocycles. The second-order valence-electron chi connectivity index (χ2n) is 27.3. The molecular formula is C76H83N6O22S2+. The third-order valence-corrected chi connectivity index (χ3v) is 20.5. The first kappa shape index (κ1) is 76.0. The van der Waals surface area contributed by atoms with E-state index in [4.69, 9.17) is 61.8 Å². The molecule has 2 amide bonds. The largest absolute Gasteiger partial charge is 0.501 e. The average molecular weight is 1500 g/mol. The molecule has 1 unspecified atom stereocenters. The van der Waals surface area contributed by atoms with E-state index in [0.717, 1.165) is 45.5 Å². The van der Waals surface area contributed by atoms with Gasteiger partial charge in [-0.15, -0.1) is 8.42 Å². The Morgan fingerprint density at radius 1 is 0.613 bits per heavy atom. The number of methoxy groups -OCH3 is 2. The lowest BCUT2D eigenvalue weighted by Gasteiger charge is -2.39. The van der Waals surface area contributed by atoms with Gasteiger partial charge in [0.1, 0.15) is 56.5 Å². The first-order valence-corrected chi connectivity index (χ1v) is 37.3. The maximum absolute atomic E-state index is 14.3. The van der Waals surface area contributed by atoms with Crippen molar-refractivity contribution in [3.63, 3.8) is 0 Å². The zero-order chi connectivity index (χ0) is 75.2. The second-order valence-corrected chi connectivity index (χ2v) is 29.9. The van der Waals surface area contributed by atoms with Gasteiger partial charge in [0.2, 0.25) is 6.29 Å². The van der Waals surface area contributed by atoms with Crippen LogP contribution in [0.5, 0.6) is 40.2 Å². The summed E-state index contributed by atoms with van der Waals surface area (Å²) in [6.07, 6.45) is -3.72. The van der Waals surface area contributed by atoms with E-state index < -0.39 is 92.7 Å². The molecule has 5 heterocycles. The Morgan fingerprint density at radius 2 is 1.14 bits per heavy atom. The summed E-state index contributed by atoms with van der Waals surface area (Å²) < 4.78 is 112. The van der Waals surface area contributed by atoms with Crippen molar-refractivity contribution < 1.29 is 107 Å². The fourth-order valence-electron chi connectivity index (χ4n) is 13.6. The number of Topliss-reactive ketones (excluding diaryl/α,β-unsaturated/α-hetero) is 2. The summed E-state index contributed by atoms with van der Waals surface area (Å²) in [4.78, 5) is 67.6. The van der Waals surface area contributed by atoms with Gasteiger partial charge < -0.3 is 82.0 Å². The van der Waals surface area contributed by atoms with Gasteiger partial charge in [0, 0.05) is 80.4 Å². The van der Waals surface area contributed by atoms with Crippen LogP contribution in [0.4, 0.5) is 11.4 Å². The first-order chi connectivity index (χ1) is 50.7. The number of carbonyl (C=O) groups is 4. The number of fused-ring (bicyclic) bond motifs is 6. The number of carbonyl (C=O) groups excluding carboxylic acids is 4. The zero-order valence-corrected chi connectivity index (χ0v) is 60.2. The number of ketones is 2. The predicted molar refractivity (Wildman–Crippen MR) is 385 cm³/mol. The minimum absolute atomic E-state index is 0.0478. The number of benzene rings is 7. The first-order valence-electron chi connectivity index (χ1n) is 34.4. The van der Waals surface area contributed by atoms with Crippen LogP contribution in [0.3, 0.4) is 0 Å². The number of hydrogen-bond acceptors (Lipinski definition) is 24. The summed E-state index contributed by atoms with van der Waals surface area (Å²) in [7, 11) is -2.47. The summed E-state index contributed by atoms with van der Waals surface area (Å²) in [5, 5.41) is 41.6. The molecule has 0 bridgehead atoms. The molecule has 30 heteroatoms. The molecule has 106 heavy (non-hydrogen) atoms. The van der Waals surface area contributed by atoms with Gasteiger partial charge in [-0.3, -0.25) is 33.7 Å². The molecule has 5 aliphatic heterocycles. The average Bonchev–Trinajstić information content (AvgIpc) is 1.58. The Labute approximate surface area is 612 Å². The Bertz CT molecular complexity index is 4580. The number of nitrogens with zero attached hydrogens (tertiary/aromatic N) is 5. The van der Waals surface area contributed by atoms with Crippen LogP contribution < -0.4 is 37.8 Å². The smallest absolute Gasteiger partial charge is 0.493 e. The van der Waals surface area contributed by atoms with Crippen LogP contribution in [0, 0.1) is 0 Å². The van der Waals surface area contributed by atoms with Gasteiger partial charge >= 0.3 is 10.4 Å². The van der Waals surface area contributed by atoms with Crippen molar-refractivity contribution in [1.29, 1.82) is 0 Å². The van der Waals surface area contributed by atoms with Gasteiger partial charge in [0.25, 0.3) is 21.9 Å². The van der Waals surface area contributed by atoms with E-state index in [1.54, 1.807) is 36.4 Å². The third-order valence-electron chi connectivity index (χ3n) is 18.9. The molecule has 1 fully saturated rings. The van der Waals surface area contributed by atoms with E-state index in [9.17, 15) is 56.4 Å². The lowest BCUT2D eigenvalue weighted by molar-refractivity contribution is -0.916. The summed E-state index contributed by atoms with van der Waals surface area (Å²) in [5.41, 5.74) is 14.8. The number of rotatable bonds is 31. The van der Waals surface area contributed by atoms with E-state index in [-0.39, 0.29) is 87.3 Å². The number of amides is 2. The van der Waals surface area contributed by atoms with Gasteiger partial charge in [-0.1, -0.05) is 48.5 Å². The highest BCUT2D eigenvalue weighted by Gasteiger charge is 2.45. The molecule has 7 N–H and O–H groups in total. The topological polar surface area (TPSA) is 378 Å². The Balaban J connectivity index is 0.747. The maximum Gasteiger partial charge on any atom is 0.501 e. The van der Waals surface area contributed by atoms with Crippen LogP contribution in [0.1, 0.15) is 101 Å². The molecule has 7 aromatic rings. The molecule has 5 aliphatic rings. The van der Waals surface area contributed by atoms with Crippen LogP contribution in [0.15, 0.2) is 143 Å². The van der Waals surface area contributed by atoms with Crippen molar-refractivity contribution in [2.24, 2.45) is 15.7 Å². The van der Waals surface area contributed by atoms with Crippen LogP contribution in [0.25, 0.3) is 0 Å². The molecule has 0 radical (unpaired) electrons. The highest BCUT2D eigenvalue weighted by molar-refractivity contribution is 7.85. The quantitative estimate of drug-likeness (QED) is 0.0115. The molecule has 0 aromatic heterocycles. The van der Waals surface area contributed by atoms with Gasteiger partial charge in [0.15, 0.2) is 46.1 Å². The van der Waals surface area contributed by atoms with E-state index in [2.05, 4.69) is 12.1 Å². The number of aliphatic hydroxyl groups is 4. The van der Waals surface area contributed by atoms with Gasteiger partial charge in [-0.2, -0.15) is 8.42 Å². The van der Waals surface area contributed by atoms with Crippen molar-refractivity contribution in [1.82, 2.24) is 9.80 Å². The number of nitrogens with two attached hydrogens (primary N) is 1. The Hall–Kier alpha value is -9.70. The van der Waals surface area contributed by atoms with Crippen molar-refractivity contribution in [2.45, 2.75) is 127 Å². The Morgan fingerprint density at radius 3 is 1.68 bits per heavy atom. The molecule has 560 valence electrons. The van der Waals surface area contributed by atoms with Gasteiger partial charge in [-0.25, -0.2) is 0 Å². The number of aliphatic hydroxyl groups excluding tert-OH is 4. The Kier molecular flexibility index (Phi) is 23.3. The molecular weight excluding hydrogens is 1410 g/mol. The van der Waals surface area contributed by atoms with Crippen LogP contribution in [-0.4, -0.2) is 195 Å². The number of quaternary nitrogens is 1. The highest BCUT2D eigenvalue weighted by Crippen LogP contribution is 2.42. The van der Waals surface area contributed by atoms with E-state index in [0.29, 0.717) is 89.0 Å². The van der Waals surface area contributed by atoms with Crippen LogP contribution in [-0.2, 0) is 87.0 Å². The molecule has 28 nitrogen and oxygen atoms in total. The van der Waals surface area contributed by atoms with Gasteiger partial charge in [0.05, 0.1) is 81.3 Å². The minimum Gasteiger partial charge on any atom is -0.493 e. The third kappa shape index (κ3) is 18.2. The molecule has 8 atom stereocenters. The van der Waals surface area contributed by atoms with Crippen LogP contribution in [0.2, 0.25) is 0 Å². The fraction of sp³-hybridized carbons (Fsp3) is 0.368. The van der Waals surface area contributed by atoms with Crippen LogP contribution >= 0.6 is 0 Å². The maximum atomic E-state index is 14.3. The van der Waals surface area contributed by atoms with Crippen molar-refractivity contribution in [2.75, 3.05) is 53.9 Å². The number of ether oxygens (including phenoxy) is 7. The summed E-state index contributed by atoms with van der Waals surface area (Å²) in [5.74, 6) is -2.13. The lowest BCUT2D eigenvalue weighted by atomic mass is 9.94. The van der Waals surface area contributed by atoms with Crippen molar-refractivity contribution in [3.8, 4) is 40.2 Å². The zero-order valence-electron chi connectivity index (χ0n) is 58.6. The normalized spacial score (nSPS) is 19.9. The predicted octanol–water partition coefficient (Wildman–Crippen LogP) is 6.63. The summed E-state index contributed by atoms with van der Waals surface area (Å²) in [6.45, 7) is 1.14. The molecule has 7 aromatic carbocycles. The summed E-state index contributed by atoms with van der Waals surface area (Å²) >= 11 is 0. The van der Waals surface area contributed by atoms with Gasteiger partial charge in [-0.05, 0) is 132 Å². The van der Waals surface area contributed by atoms with E-state index >= 15 is 0 Å². The minimum atomic E-state index is -5.08. The molecule has 0 spiro atoms. The molecule has 0 saturated carbocycles. The summed E-state index contributed by atoms with van der Waals surface area (Å²) in [6, 6.07) is 36.7. The number of hydrogen-bond donors (Lipinski definition) is 6. The fourth-order valence-corrected chi connectivity index (χ4v) is 14.9. The SMILES string of the molecule is COc1cc2c(cc1OCc1cc(COc3cc4c(cc3OC)C(=O)N3Cc5ccccc5C[C@H]3C=N4)cc(C[N+](C)(C)Cc3ccc(OS(=O)(=O)Oc4cc(C(=O)CCCOCCCC(=O)[C@H](N)CS(=O)(=O)O)ccc4OC4O[C@H](CO)[C@H](O)[C@H](O)[C@@H]4O)cc3)c1)N=C[C@@H]1Cc3ccccc3CN1C2=O. The monoisotopic (exact) mass is 1500 g/mol. The number of aliphatic imine (C=N–C) groups is 2. The highest BCUT2D eigenvalue weighted by atomic mass is 32.3. The standard InChI is InChI=1S/C76H82N6O22S2/c1-82(2,39-45-17-20-56(21-18-45)103-106(94,95)104-69-30-51(19-22-64(69)101-76-73(88)72(87)71(86)70(41-83)102-76)62(84)15-9-23-98-24-10-16-63(85)59(77)44-105(91,92)93)40-46-25-47(42-99-67-33-60-57(31-65(67)96-3)74(89)80-37-52-13-7-5-11-49(52)28-54(80)35-78-60)27-48(26-46)43-100-68-34-61-58(32-66(68)97-4)75(90)81-38-53-14-8-6-12-50(53)29-55(81)36-79-61/h5-8,11-14,17-22,25-27,30-36,54-55,59,70-73,76,83,86-88H,9-10,15-16,23-24,28-29,37-44,77H2,1-4H3/p+1/t54-,55-,59+,70+,71-,72-,73-,76?/m0/s1. The molecule has 12 rings (SSSR count). The second kappa shape index (κ2) is 32.6. The van der Waals surface area contributed by atoms with E-state index in [1.807, 2.05) is 90.9 Å². The van der Waals surface area contributed by atoms with E-state index in [1.165, 1.54) is 43.5 Å². The molecule has 0 aliphatic carbocycles. The van der Waals surface area contributed by atoms with Crippen molar-refractivity contribution >= 4 is 67.7 Å². The lowest BCUT2D eigenvalue weighted by Crippen LogP contribution is -2.60.